The highest BCUT2D eigenvalue weighted by Crippen LogP contribution is 1.93. The normalized spacial score (nSPS) is 9.20. The van der Waals surface area contributed by atoms with E-state index in [0.717, 1.165) is 25.4 Å². The minimum absolute atomic E-state index is 0.274. The van der Waals surface area contributed by atoms with E-state index in [1.807, 2.05) is 20.9 Å². The Morgan fingerprint density at radius 3 is 1.67 bits per heavy atom. The third-order valence-electron chi connectivity index (χ3n) is 1.90. The lowest BCUT2D eigenvalue weighted by atomic mass is 10.2. The largest absolute Gasteiger partial charge is 0.395 e. The lowest BCUT2D eigenvalue weighted by Crippen LogP contribution is -2.22. The molecule has 0 fully saturated rings. The van der Waals surface area contributed by atoms with Crippen LogP contribution < -0.4 is 0 Å². The molecule has 0 aliphatic rings. The van der Waals surface area contributed by atoms with Crippen LogP contribution in [0.3, 0.4) is 0 Å². The zero-order valence-corrected chi connectivity index (χ0v) is 12.0. The maximum absolute atomic E-state index is 8.42. The van der Waals surface area contributed by atoms with Crippen molar-refractivity contribution in [3.63, 3.8) is 0 Å². The van der Waals surface area contributed by atoms with Crippen LogP contribution in [0.2, 0.25) is 0 Å². The Balaban J connectivity index is -0.000000177. The number of hydrogen-bond acceptors (Lipinski definition) is 2. The summed E-state index contributed by atoms with van der Waals surface area (Å²) in [7, 11) is 2.01. The predicted octanol–water partition coefficient (Wildman–Crippen LogP) is 3.40. The van der Waals surface area contributed by atoms with Gasteiger partial charge in [-0.2, -0.15) is 0 Å². The molecule has 0 aliphatic carbocycles. The summed E-state index contributed by atoms with van der Waals surface area (Å²) < 4.78 is 0. The number of nitrogens with zero attached hydrogens (tertiary/aromatic N) is 1. The summed E-state index contributed by atoms with van der Waals surface area (Å²) in [6.45, 7) is 14.9. The van der Waals surface area contributed by atoms with Gasteiger partial charge in [-0.3, -0.25) is 0 Å². The van der Waals surface area contributed by atoms with Gasteiger partial charge < -0.3 is 10.0 Å². The van der Waals surface area contributed by atoms with Gasteiger partial charge in [0, 0.05) is 6.54 Å². The molecule has 2 heteroatoms. The van der Waals surface area contributed by atoms with E-state index in [2.05, 4.69) is 32.6 Å². The maximum atomic E-state index is 8.42. The summed E-state index contributed by atoms with van der Waals surface area (Å²) in [6.07, 6.45) is 2.47. The first-order valence-electron chi connectivity index (χ1n) is 6.37. The molecule has 96 valence electrons. The van der Waals surface area contributed by atoms with E-state index in [0.29, 0.717) is 0 Å². The van der Waals surface area contributed by atoms with E-state index in [1.54, 1.807) is 0 Å². The number of aliphatic hydroxyl groups is 1. The van der Waals surface area contributed by atoms with Crippen molar-refractivity contribution < 1.29 is 5.11 Å². The Morgan fingerprint density at radius 1 is 1.07 bits per heavy atom. The highest BCUT2D eigenvalue weighted by atomic mass is 16.3. The van der Waals surface area contributed by atoms with Crippen molar-refractivity contribution in [3.05, 3.63) is 0 Å². The van der Waals surface area contributed by atoms with E-state index < -0.39 is 0 Å². The molecule has 0 bridgehead atoms. The van der Waals surface area contributed by atoms with E-state index in [1.165, 1.54) is 6.42 Å². The average molecular weight is 219 g/mol. The highest BCUT2D eigenvalue weighted by Gasteiger charge is 1.91. The molecular weight excluding hydrogens is 186 g/mol. The summed E-state index contributed by atoms with van der Waals surface area (Å²) in [5, 5.41) is 8.42. The van der Waals surface area contributed by atoms with E-state index in [4.69, 9.17) is 5.11 Å². The number of hydrogen-bond donors (Lipinski definition) is 1. The molecule has 0 radical (unpaired) electrons. The third kappa shape index (κ3) is 31.5. The van der Waals surface area contributed by atoms with Gasteiger partial charge >= 0.3 is 0 Å². The Hall–Kier alpha value is -0.0800. The maximum Gasteiger partial charge on any atom is 0.0558 e. The summed E-state index contributed by atoms with van der Waals surface area (Å²) in [5.41, 5.74) is 0. The van der Waals surface area contributed by atoms with Crippen LogP contribution in [0, 0.1) is 5.92 Å². The summed E-state index contributed by atoms with van der Waals surface area (Å²) in [5.74, 6) is 0.884. The summed E-state index contributed by atoms with van der Waals surface area (Å²) in [4.78, 5) is 2.11. The number of rotatable bonds is 5. The quantitative estimate of drug-likeness (QED) is 0.766. The van der Waals surface area contributed by atoms with Gasteiger partial charge in [0.25, 0.3) is 0 Å². The molecule has 0 aliphatic heterocycles. The Bertz CT molecular complexity index is 78.6. The summed E-state index contributed by atoms with van der Waals surface area (Å²) >= 11 is 0. The van der Waals surface area contributed by atoms with Crippen molar-refractivity contribution in [1.29, 1.82) is 0 Å². The molecule has 0 amide bonds. The smallest absolute Gasteiger partial charge is 0.0558 e. The van der Waals surface area contributed by atoms with Gasteiger partial charge in [-0.05, 0) is 25.9 Å². The van der Waals surface area contributed by atoms with Crippen LogP contribution in [0.1, 0.15) is 54.4 Å². The van der Waals surface area contributed by atoms with Crippen molar-refractivity contribution in [2.75, 3.05) is 26.7 Å². The van der Waals surface area contributed by atoms with Gasteiger partial charge in [-0.25, -0.2) is 0 Å². The molecule has 0 unspecified atom stereocenters. The van der Waals surface area contributed by atoms with Gasteiger partial charge in [0.05, 0.1) is 6.61 Å². The van der Waals surface area contributed by atoms with Gasteiger partial charge in [-0.15, -0.1) is 0 Å². The van der Waals surface area contributed by atoms with E-state index >= 15 is 0 Å². The van der Waals surface area contributed by atoms with Crippen LogP contribution in [-0.4, -0.2) is 36.8 Å². The minimum atomic E-state index is 0.274. The SMILES string of the molecule is CC.CCC(C)C.CCCN(C)CCO. The lowest BCUT2D eigenvalue weighted by molar-refractivity contribution is 0.222. The zero-order valence-electron chi connectivity index (χ0n) is 12.0. The Kier molecular flexibility index (Phi) is 26.4. The molecule has 1 N–H and O–H groups in total. The van der Waals surface area contributed by atoms with Crippen molar-refractivity contribution in [2.24, 2.45) is 5.92 Å². The molecule has 2 nitrogen and oxygen atoms in total. The molecule has 0 aromatic rings. The molecule has 0 aromatic heterocycles. The Labute approximate surface area is 97.7 Å². The van der Waals surface area contributed by atoms with Gasteiger partial charge in [0.1, 0.15) is 0 Å². The first-order valence-corrected chi connectivity index (χ1v) is 6.37. The minimum Gasteiger partial charge on any atom is -0.395 e. The number of aliphatic hydroxyl groups excluding tert-OH is 1. The molecule has 0 aromatic carbocycles. The van der Waals surface area contributed by atoms with Crippen LogP contribution in [0.5, 0.6) is 0 Å². The van der Waals surface area contributed by atoms with Crippen molar-refractivity contribution in [2.45, 2.75) is 54.4 Å². The van der Waals surface area contributed by atoms with Crippen LogP contribution >= 0.6 is 0 Å². The summed E-state index contributed by atoms with van der Waals surface area (Å²) in [6, 6.07) is 0. The van der Waals surface area contributed by atoms with Gasteiger partial charge in [0.15, 0.2) is 0 Å². The van der Waals surface area contributed by atoms with Crippen LogP contribution in [0.15, 0.2) is 0 Å². The number of likely N-dealkylation sites (N-methyl/N-ethyl adjacent to an activating group) is 1. The van der Waals surface area contributed by atoms with E-state index in [9.17, 15) is 0 Å². The standard InChI is InChI=1S/C6H15NO.C5H12.C2H6/c1-3-4-7(2)5-6-8;1-4-5(2)3;1-2/h8H,3-6H2,1-2H3;5H,4H2,1-3H3;1-2H3. The molecule has 15 heavy (non-hydrogen) atoms. The molecule has 0 rings (SSSR count). The van der Waals surface area contributed by atoms with Gasteiger partial charge in [0.2, 0.25) is 0 Å². The fraction of sp³-hybridized carbons (Fsp3) is 1.00. The fourth-order valence-electron chi connectivity index (χ4n) is 0.664. The van der Waals surface area contributed by atoms with Crippen molar-refractivity contribution >= 4 is 0 Å². The van der Waals surface area contributed by atoms with Crippen LogP contribution in [-0.2, 0) is 0 Å². The van der Waals surface area contributed by atoms with Gasteiger partial charge in [-0.1, -0.05) is 48.0 Å². The first-order chi connectivity index (χ1) is 7.08. The molecular formula is C13H33NO. The molecule has 0 atom stereocenters. The molecule has 0 saturated carbocycles. The van der Waals surface area contributed by atoms with Crippen molar-refractivity contribution in [3.8, 4) is 0 Å². The highest BCUT2D eigenvalue weighted by molar-refractivity contribution is 4.45. The molecule has 0 saturated heterocycles. The topological polar surface area (TPSA) is 23.5 Å². The van der Waals surface area contributed by atoms with Crippen LogP contribution in [0.25, 0.3) is 0 Å². The third-order valence-corrected chi connectivity index (χ3v) is 1.90. The second-order valence-electron chi connectivity index (χ2n) is 3.83. The first kappa shape index (κ1) is 20.3. The molecule has 0 spiro atoms. The second-order valence-corrected chi connectivity index (χ2v) is 3.83. The Morgan fingerprint density at radius 2 is 1.47 bits per heavy atom. The fourth-order valence-corrected chi connectivity index (χ4v) is 0.664. The molecule has 0 heterocycles. The second kappa shape index (κ2) is 19.5. The lowest BCUT2D eigenvalue weighted by Gasteiger charge is -2.12. The monoisotopic (exact) mass is 219 g/mol. The van der Waals surface area contributed by atoms with Crippen LogP contribution in [0.4, 0.5) is 0 Å². The van der Waals surface area contributed by atoms with Crippen molar-refractivity contribution in [1.82, 2.24) is 4.90 Å². The van der Waals surface area contributed by atoms with E-state index in [-0.39, 0.29) is 6.61 Å². The predicted molar refractivity (Wildman–Crippen MR) is 71.4 cm³/mol. The average Bonchev–Trinajstić information content (AvgIpc) is 2.22. The zero-order chi connectivity index (χ0) is 12.7.